The van der Waals surface area contributed by atoms with Gasteiger partial charge in [0.25, 0.3) is 0 Å². The van der Waals surface area contributed by atoms with Crippen LogP contribution in [-0.2, 0) is 6.18 Å². The molecule has 1 saturated heterocycles. The molecule has 0 radical (unpaired) electrons. The molecule has 1 aliphatic rings. The van der Waals surface area contributed by atoms with Crippen molar-refractivity contribution in [2.75, 3.05) is 48.0 Å². The predicted octanol–water partition coefficient (Wildman–Crippen LogP) is 4.47. The lowest BCUT2D eigenvalue weighted by atomic mass is 10.0. The number of nitrogen functional groups attached to an aromatic ring is 1. The molecule has 1 aromatic carbocycles. The highest BCUT2D eigenvalue weighted by Gasteiger charge is 2.31. The van der Waals surface area contributed by atoms with Gasteiger partial charge in [-0.2, -0.15) is 18.2 Å². The van der Waals surface area contributed by atoms with Crippen LogP contribution in [0.1, 0.15) is 36.9 Å². The normalized spacial score (nSPS) is 15.2. The van der Waals surface area contributed by atoms with Crippen molar-refractivity contribution in [3.05, 3.63) is 41.6 Å². The molecule has 2 aromatic heterocycles. The van der Waals surface area contributed by atoms with Crippen molar-refractivity contribution in [2.45, 2.75) is 32.0 Å². The maximum atomic E-state index is 13.3. The molecule has 4 rings (SSSR count). The molecule has 0 bridgehead atoms. The molecule has 3 aromatic rings. The number of hydrogen-bond donors (Lipinski definition) is 2. The van der Waals surface area contributed by atoms with E-state index in [0.29, 0.717) is 22.8 Å². The predicted molar refractivity (Wildman–Crippen MR) is 121 cm³/mol. The molecule has 1 fully saturated rings. The Morgan fingerprint density at radius 1 is 1.09 bits per heavy atom. The number of pyridine rings is 1. The van der Waals surface area contributed by atoms with Crippen molar-refractivity contribution in [1.29, 1.82) is 0 Å². The first-order valence-corrected chi connectivity index (χ1v) is 10.5. The van der Waals surface area contributed by atoms with Crippen LogP contribution in [0.2, 0.25) is 0 Å². The molecule has 32 heavy (non-hydrogen) atoms. The van der Waals surface area contributed by atoms with Gasteiger partial charge >= 0.3 is 6.18 Å². The van der Waals surface area contributed by atoms with Crippen LogP contribution in [0.15, 0.2) is 30.5 Å². The van der Waals surface area contributed by atoms with Gasteiger partial charge in [-0.25, -0.2) is 9.97 Å². The fraction of sp³-hybridized carbons (Fsp3) is 0.409. The van der Waals surface area contributed by atoms with Crippen LogP contribution in [0.4, 0.5) is 36.4 Å². The molecular formula is C22H26F3N7. The first kappa shape index (κ1) is 21.9. The highest BCUT2D eigenvalue weighted by molar-refractivity contribution is 5.91. The van der Waals surface area contributed by atoms with E-state index in [2.05, 4.69) is 25.2 Å². The minimum Gasteiger partial charge on any atom is -0.399 e. The average Bonchev–Trinajstić information content (AvgIpc) is 3.27. The Morgan fingerprint density at radius 3 is 2.47 bits per heavy atom. The van der Waals surface area contributed by atoms with Crippen molar-refractivity contribution in [1.82, 2.24) is 15.0 Å². The van der Waals surface area contributed by atoms with Gasteiger partial charge in [0.2, 0.25) is 5.95 Å². The topological polar surface area (TPSA) is 83.2 Å². The third-order valence-corrected chi connectivity index (χ3v) is 5.54. The van der Waals surface area contributed by atoms with Gasteiger partial charge in [0.15, 0.2) is 0 Å². The highest BCUT2D eigenvalue weighted by Crippen LogP contribution is 2.34. The summed E-state index contributed by atoms with van der Waals surface area (Å²) in [6.07, 6.45) is -0.514. The molecule has 10 heteroatoms. The van der Waals surface area contributed by atoms with Crippen LogP contribution in [0, 0.1) is 0 Å². The van der Waals surface area contributed by atoms with Gasteiger partial charge < -0.3 is 20.9 Å². The molecule has 1 atom stereocenters. The Labute approximate surface area is 184 Å². The highest BCUT2D eigenvalue weighted by atomic mass is 19.4. The number of fused-ring (bicyclic) bond motifs is 1. The van der Waals surface area contributed by atoms with E-state index in [0.717, 1.165) is 49.3 Å². The molecule has 7 nitrogen and oxygen atoms in total. The van der Waals surface area contributed by atoms with Gasteiger partial charge in [0.05, 0.1) is 23.3 Å². The van der Waals surface area contributed by atoms with Crippen LogP contribution in [-0.4, -0.2) is 42.1 Å². The Hall–Kier alpha value is -3.30. The number of aromatic nitrogens is 3. The Morgan fingerprint density at radius 2 is 1.81 bits per heavy atom. The van der Waals surface area contributed by atoms with E-state index in [1.165, 1.54) is 0 Å². The summed E-state index contributed by atoms with van der Waals surface area (Å²) < 4.78 is 39.8. The lowest BCUT2D eigenvalue weighted by molar-refractivity contribution is -0.137. The van der Waals surface area contributed by atoms with Crippen molar-refractivity contribution in [2.24, 2.45) is 0 Å². The molecule has 1 aliphatic heterocycles. The van der Waals surface area contributed by atoms with Gasteiger partial charge in [-0.15, -0.1) is 0 Å². The van der Waals surface area contributed by atoms with Crippen molar-refractivity contribution < 1.29 is 13.2 Å². The van der Waals surface area contributed by atoms with Gasteiger partial charge in [-0.05, 0) is 49.6 Å². The van der Waals surface area contributed by atoms with Crippen LogP contribution in [0.25, 0.3) is 10.9 Å². The number of benzene rings is 1. The van der Waals surface area contributed by atoms with E-state index in [1.807, 2.05) is 20.2 Å². The monoisotopic (exact) mass is 445 g/mol. The molecule has 0 saturated carbocycles. The first-order valence-electron chi connectivity index (χ1n) is 10.5. The Balaban J connectivity index is 1.75. The maximum Gasteiger partial charge on any atom is 0.416 e. The van der Waals surface area contributed by atoms with E-state index in [4.69, 9.17) is 5.73 Å². The number of halogens is 3. The van der Waals surface area contributed by atoms with E-state index in [-0.39, 0.29) is 5.69 Å². The summed E-state index contributed by atoms with van der Waals surface area (Å²) in [6.45, 7) is 3.66. The van der Waals surface area contributed by atoms with Crippen LogP contribution < -0.4 is 20.9 Å². The fourth-order valence-electron chi connectivity index (χ4n) is 3.82. The standard InChI is InChI=1S/C22H26F3N7/c1-13(14-8-15(22(23,24)25)10-16(26)9-14)28-20-17-11-19(32-6-4-5-7-32)27-12-18(17)29-21(30-20)31(2)3/h8-13H,4-7,26H2,1-3H3,(H,28,29,30). The summed E-state index contributed by atoms with van der Waals surface area (Å²) >= 11 is 0. The number of rotatable bonds is 5. The Bertz CT molecular complexity index is 1120. The molecule has 170 valence electrons. The van der Waals surface area contributed by atoms with Gasteiger partial charge in [-0.3, -0.25) is 0 Å². The third kappa shape index (κ3) is 4.49. The summed E-state index contributed by atoms with van der Waals surface area (Å²) in [5, 5.41) is 4.04. The average molecular weight is 445 g/mol. The van der Waals surface area contributed by atoms with E-state index in [1.54, 1.807) is 24.1 Å². The zero-order valence-corrected chi connectivity index (χ0v) is 18.2. The number of anilines is 4. The minimum atomic E-state index is -4.47. The second kappa shape index (κ2) is 8.33. The molecule has 0 spiro atoms. The van der Waals surface area contributed by atoms with Gasteiger partial charge in [0.1, 0.15) is 11.6 Å². The molecule has 1 unspecified atom stereocenters. The SMILES string of the molecule is CC(Nc1nc(N(C)C)nc2cnc(N3CCCC3)cc12)c1cc(N)cc(C(F)(F)F)c1. The molecule has 0 aliphatic carbocycles. The number of hydrogen-bond acceptors (Lipinski definition) is 7. The largest absolute Gasteiger partial charge is 0.416 e. The lowest BCUT2D eigenvalue weighted by Crippen LogP contribution is -2.19. The van der Waals surface area contributed by atoms with Crippen LogP contribution in [0.3, 0.4) is 0 Å². The maximum absolute atomic E-state index is 13.3. The van der Waals surface area contributed by atoms with Gasteiger partial charge in [0, 0.05) is 38.3 Å². The van der Waals surface area contributed by atoms with E-state index in [9.17, 15) is 13.2 Å². The quantitative estimate of drug-likeness (QED) is 0.561. The molecule has 3 heterocycles. The third-order valence-electron chi connectivity index (χ3n) is 5.54. The second-order valence-electron chi connectivity index (χ2n) is 8.27. The van der Waals surface area contributed by atoms with Crippen LogP contribution in [0.5, 0.6) is 0 Å². The second-order valence-corrected chi connectivity index (χ2v) is 8.27. The summed E-state index contributed by atoms with van der Waals surface area (Å²) in [6, 6.07) is 5.06. The smallest absolute Gasteiger partial charge is 0.399 e. The zero-order chi connectivity index (χ0) is 23.0. The number of nitrogens with zero attached hydrogens (tertiary/aromatic N) is 5. The summed E-state index contributed by atoms with van der Waals surface area (Å²) in [4.78, 5) is 17.7. The zero-order valence-electron chi connectivity index (χ0n) is 18.2. The molecule has 3 N–H and O–H groups in total. The molecule has 0 amide bonds. The van der Waals surface area contributed by atoms with E-state index < -0.39 is 17.8 Å². The molecular weight excluding hydrogens is 419 g/mol. The van der Waals surface area contributed by atoms with E-state index >= 15 is 0 Å². The Kier molecular flexibility index (Phi) is 5.70. The summed E-state index contributed by atoms with van der Waals surface area (Å²) in [5.74, 6) is 1.85. The summed E-state index contributed by atoms with van der Waals surface area (Å²) in [5.41, 5.74) is 6.12. The van der Waals surface area contributed by atoms with Crippen molar-refractivity contribution >= 4 is 34.2 Å². The number of alkyl halides is 3. The first-order chi connectivity index (χ1) is 15.1. The van der Waals surface area contributed by atoms with Crippen molar-refractivity contribution in [3.8, 4) is 0 Å². The lowest BCUT2D eigenvalue weighted by Gasteiger charge is -2.21. The minimum absolute atomic E-state index is 0.0607. The van der Waals surface area contributed by atoms with Crippen molar-refractivity contribution in [3.63, 3.8) is 0 Å². The number of nitrogens with one attached hydrogen (secondary N) is 1. The fourth-order valence-corrected chi connectivity index (χ4v) is 3.82. The van der Waals surface area contributed by atoms with Crippen LogP contribution >= 0.6 is 0 Å². The van der Waals surface area contributed by atoms with Gasteiger partial charge in [-0.1, -0.05) is 0 Å². The number of nitrogens with two attached hydrogens (primary N) is 1. The summed E-state index contributed by atoms with van der Waals surface area (Å²) in [7, 11) is 3.65.